The summed E-state index contributed by atoms with van der Waals surface area (Å²) in [6.07, 6.45) is 8.81. The van der Waals surface area contributed by atoms with Crippen LogP contribution in [-0.2, 0) is 21.2 Å². The molecular formula is C21H34O3. The van der Waals surface area contributed by atoms with Crippen molar-refractivity contribution in [2.45, 2.75) is 97.7 Å². The van der Waals surface area contributed by atoms with E-state index in [2.05, 4.69) is 51.8 Å². The molecule has 1 aromatic rings. The van der Waals surface area contributed by atoms with Crippen molar-refractivity contribution in [3.05, 3.63) is 34.4 Å². The SMILES string of the molecule is CCCCCCCCc1cc(C(C)C)c(C2OOO2)c(C(C)C)c1. The van der Waals surface area contributed by atoms with Crippen LogP contribution in [0.3, 0.4) is 0 Å². The maximum absolute atomic E-state index is 5.15. The summed E-state index contributed by atoms with van der Waals surface area (Å²) in [7, 11) is 0. The van der Waals surface area contributed by atoms with Crippen molar-refractivity contribution in [2.24, 2.45) is 0 Å². The highest BCUT2D eigenvalue weighted by Gasteiger charge is 2.32. The molecule has 0 saturated carbocycles. The summed E-state index contributed by atoms with van der Waals surface area (Å²) < 4.78 is 0. The third-order valence-corrected chi connectivity index (χ3v) is 4.86. The summed E-state index contributed by atoms with van der Waals surface area (Å²) in [5.41, 5.74) is 5.27. The van der Waals surface area contributed by atoms with E-state index >= 15 is 0 Å². The van der Waals surface area contributed by atoms with E-state index < -0.39 is 0 Å². The molecule has 1 aliphatic rings. The van der Waals surface area contributed by atoms with Crippen LogP contribution in [0.4, 0.5) is 0 Å². The smallest absolute Gasteiger partial charge is 0.165 e. The van der Waals surface area contributed by atoms with E-state index in [1.54, 1.807) is 0 Å². The summed E-state index contributed by atoms with van der Waals surface area (Å²) in [4.78, 5) is 10.3. The van der Waals surface area contributed by atoms with Gasteiger partial charge in [-0.3, -0.25) is 0 Å². The minimum absolute atomic E-state index is 0.372. The van der Waals surface area contributed by atoms with Crippen molar-refractivity contribution in [1.82, 2.24) is 0 Å². The Balaban J connectivity index is 2.11. The van der Waals surface area contributed by atoms with Crippen LogP contribution in [0, 0.1) is 0 Å². The zero-order valence-electron chi connectivity index (χ0n) is 16.1. The summed E-state index contributed by atoms with van der Waals surface area (Å²) >= 11 is 0. The molecule has 1 aromatic carbocycles. The van der Waals surface area contributed by atoms with Crippen molar-refractivity contribution in [3.63, 3.8) is 0 Å². The Hall–Kier alpha value is -0.900. The Bertz CT molecular complexity index is 475. The van der Waals surface area contributed by atoms with E-state index in [4.69, 9.17) is 9.78 Å². The number of aryl methyl sites for hydroxylation is 1. The van der Waals surface area contributed by atoms with Crippen molar-refractivity contribution < 1.29 is 14.8 Å². The molecule has 0 bridgehead atoms. The van der Waals surface area contributed by atoms with E-state index in [1.807, 2.05) is 0 Å². The molecule has 24 heavy (non-hydrogen) atoms. The van der Waals surface area contributed by atoms with Gasteiger partial charge in [0.05, 0.1) is 0 Å². The molecule has 1 aliphatic heterocycles. The Morgan fingerprint density at radius 2 is 1.38 bits per heavy atom. The molecule has 0 radical (unpaired) electrons. The fourth-order valence-electron chi connectivity index (χ4n) is 3.42. The Morgan fingerprint density at radius 3 is 1.83 bits per heavy atom. The molecule has 1 saturated heterocycles. The topological polar surface area (TPSA) is 27.7 Å². The Labute approximate surface area is 147 Å². The molecule has 0 spiro atoms. The highest BCUT2D eigenvalue weighted by molar-refractivity contribution is 5.43. The van der Waals surface area contributed by atoms with Gasteiger partial charge in [-0.15, -0.1) is 0 Å². The maximum atomic E-state index is 5.15. The summed E-state index contributed by atoms with van der Waals surface area (Å²) in [6, 6.07) is 4.70. The second-order valence-corrected chi connectivity index (χ2v) is 7.61. The monoisotopic (exact) mass is 334 g/mol. The molecule has 0 atom stereocenters. The van der Waals surface area contributed by atoms with E-state index in [1.165, 1.54) is 55.2 Å². The first-order valence-electron chi connectivity index (χ1n) is 9.70. The third kappa shape index (κ3) is 5.05. The molecular weight excluding hydrogens is 300 g/mol. The second kappa shape index (κ2) is 9.55. The van der Waals surface area contributed by atoms with Crippen LogP contribution in [0.15, 0.2) is 12.1 Å². The fourth-order valence-corrected chi connectivity index (χ4v) is 3.42. The molecule has 0 N–H and O–H groups in total. The molecule has 0 aliphatic carbocycles. The first kappa shape index (κ1) is 19.4. The Morgan fingerprint density at radius 1 is 0.833 bits per heavy atom. The van der Waals surface area contributed by atoms with Crippen molar-refractivity contribution in [1.29, 1.82) is 0 Å². The van der Waals surface area contributed by atoms with Crippen LogP contribution in [0.5, 0.6) is 0 Å². The standard InChI is InChI=1S/C21H34O3/c1-6-7-8-9-10-11-12-17-13-18(15(2)3)20(21-22-24-23-21)19(14-17)16(4)5/h13-16,21H,6-12H2,1-5H3. The minimum Gasteiger partial charge on any atom is -0.165 e. The molecule has 0 amide bonds. The maximum Gasteiger partial charge on any atom is 0.256 e. The van der Waals surface area contributed by atoms with Crippen LogP contribution in [0.1, 0.15) is 114 Å². The van der Waals surface area contributed by atoms with Gasteiger partial charge in [0.25, 0.3) is 6.29 Å². The molecule has 3 nitrogen and oxygen atoms in total. The summed E-state index contributed by atoms with van der Waals surface area (Å²) in [6.45, 7) is 11.2. The van der Waals surface area contributed by atoms with Crippen LogP contribution in [0.2, 0.25) is 0 Å². The van der Waals surface area contributed by atoms with Crippen molar-refractivity contribution >= 4 is 0 Å². The fraction of sp³-hybridized carbons (Fsp3) is 0.714. The van der Waals surface area contributed by atoms with Crippen LogP contribution >= 0.6 is 0 Å². The summed E-state index contributed by atoms with van der Waals surface area (Å²) in [5, 5.41) is 4.50. The zero-order valence-corrected chi connectivity index (χ0v) is 16.1. The molecule has 0 aromatic heterocycles. The third-order valence-electron chi connectivity index (χ3n) is 4.86. The lowest BCUT2D eigenvalue weighted by Gasteiger charge is -2.29. The first-order valence-corrected chi connectivity index (χ1v) is 9.70. The molecule has 1 heterocycles. The number of unbranched alkanes of at least 4 members (excludes halogenated alkanes) is 5. The van der Waals surface area contributed by atoms with Gasteiger partial charge in [0.2, 0.25) is 0 Å². The van der Waals surface area contributed by atoms with E-state index in [9.17, 15) is 0 Å². The zero-order chi connectivity index (χ0) is 17.5. The van der Waals surface area contributed by atoms with Gasteiger partial charge in [0, 0.05) is 5.56 Å². The van der Waals surface area contributed by atoms with Crippen molar-refractivity contribution in [3.8, 4) is 0 Å². The van der Waals surface area contributed by atoms with E-state index in [0.29, 0.717) is 11.8 Å². The van der Waals surface area contributed by atoms with Gasteiger partial charge in [0.15, 0.2) is 0 Å². The van der Waals surface area contributed by atoms with Gasteiger partial charge in [-0.2, -0.15) is 9.78 Å². The van der Waals surface area contributed by atoms with Gasteiger partial charge in [0.1, 0.15) is 0 Å². The van der Waals surface area contributed by atoms with Crippen molar-refractivity contribution in [2.75, 3.05) is 0 Å². The average molecular weight is 335 g/mol. The predicted molar refractivity (Wildman–Crippen MR) is 97.7 cm³/mol. The molecule has 0 unspecified atom stereocenters. The van der Waals surface area contributed by atoms with Gasteiger partial charge in [-0.05, 0) is 41.4 Å². The quantitative estimate of drug-likeness (QED) is 0.351. The number of hydrogen-bond donors (Lipinski definition) is 0. The average Bonchev–Trinajstić information content (AvgIpc) is 2.49. The van der Waals surface area contributed by atoms with Gasteiger partial charge < -0.3 is 0 Å². The second-order valence-electron chi connectivity index (χ2n) is 7.61. The highest BCUT2D eigenvalue weighted by atomic mass is 17.6. The number of hydrogen-bond acceptors (Lipinski definition) is 3. The van der Waals surface area contributed by atoms with Gasteiger partial charge >= 0.3 is 0 Å². The largest absolute Gasteiger partial charge is 0.256 e. The lowest BCUT2D eigenvalue weighted by molar-refractivity contribution is -0.698. The highest BCUT2D eigenvalue weighted by Crippen LogP contribution is 2.39. The van der Waals surface area contributed by atoms with Gasteiger partial charge in [-0.25, -0.2) is 0 Å². The normalized spacial score (nSPS) is 15.3. The molecule has 136 valence electrons. The molecule has 2 rings (SSSR count). The first-order chi connectivity index (χ1) is 11.5. The minimum atomic E-state index is -0.372. The summed E-state index contributed by atoms with van der Waals surface area (Å²) in [5.74, 6) is 0.879. The predicted octanol–water partition coefficient (Wildman–Crippen LogP) is 6.73. The van der Waals surface area contributed by atoms with Crippen LogP contribution < -0.4 is 0 Å². The van der Waals surface area contributed by atoms with Crippen LogP contribution in [0.25, 0.3) is 0 Å². The van der Waals surface area contributed by atoms with E-state index in [-0.39, 0.29) is 6.29 Å². The molecule has 3 heteroatoms. The number of rotatable bonds is 10. The lowest BCUT2D eigenvalue weighted by atomic mass is 9.85. The van der Waals surface area contributed by atoms with E-state index in [0.717, 1.165) is 12.0 Å². The van der Waals surface area contributed by atoms with Gasteiger partial charge in [-0.1, -0.05) is 83.9 Å². The molecule has 1 fully saturated rings. The lowest BCUT2D eigenvalue weighted by Crippen LogP contribution is -2.23. The Kier molecular flexibility index (Phi) is 7.73. The van der Waals surface area contributed by atoms with Crippen LogP contribution in [-0.4, -0.2) is 0 Å². The number of benzene rings is 1.